The van der Waals surface area contributed by atoms with E-state index in [0.29, 0.717) is 6.54 Å². The highest BCUT2D eigenvalue weighted by Gasteiger charge is 2.15. The predicted octanol–water partition coefficient (Wildman–Crippen LogP) is 3.06. The molecular weight excluding hydrogens is 290 g/mol. The monoisotopic (exact) mass is 307 g/mol. The Morgan fingerprint density at radius 2 is 2.00 bits per heavy atom. The van der Waals surface area contributed by atoms with Gasteiger partial charge in [-0.05, 0) is 66.9 Å². The molecule has 2 N–H and O–H groups in total. The van der Waals surface area contributed by atoms with Gasteiger partial charge in [-0.25, -0.2) is 4.68 Å². The zero-order chi connectivity index (χ0) is 13.3. The van der Waals surface area contributed by atoms with E-state index < -0.39 is 0 Å². The van der Waals surface area contributed by atoms with Gasteiger partial charge in [-0.15, -0.1) is 0 Å². The molecule has 0 aliphatic heterocycles. The first kappa shape index (κ1) is 13.3. The zero-order valence-electron chi connectivity index (χ0n) is 11.0. The van der Waals surface area contributed by atoms with Crippen molar-refractivity contribution in [3.05, 3.63) is 45.2 Å². The first-order valence-electron chi connectivity index (χ1n) is 6.07. The van der Waals surface area contributed by atoms with Crippen molar-refractivity contribution in [3.63, 3.8) is 0 Å². The lowest BCUT2D eigenvalue weighted by Crippen LogP contribution is -2.04. The second kappa shape index (κ2) is 5.24. The van der Waals surface area contributed by atoms with Crippen LogP contribution in [0.2, 0.25) is 0 Å². The summed E-state index contributed by atoms with van der Waals surface area (Å²) in [4.78, 5) is 0. The summed E-state index contributed by atoms with van der Waals surface area (Å²) in [5.41, 5.74) is 11.5. The Balaban J connectivity index is 2.58. The Kier molecular flexibility index (Phi) is 3.88. The van der Waals surface area contributed by atoms with Gasteiger partial charge >= 0.3 is 0 Å². The maximum Gasteiger partial charge on any atom is 0.113 e. The summed E-state index contributed by atoms with van der Waals surface area (Å²) in [5, 5.41) is 4.62. The Morgan fingerprint density at radius 3 is 2.67 bits per heavy atom. The van der Waals surface area contributed by atoms with Crippen molar-refractivity contribution < 1.29 is 0 Å². The van der Waals surface area contributed by atoms with Crippen LogP contribution >= 0.6 is 15.9 Å². The van der Waals surface area contributed by atoms with Crippen molar-refractivity contribution in [1.29, 1.82) is 0 Å². The number of nitrogens with zero attached hydrogens (tertiary/aromatic N) is 2. The summed E-state index contributed by atoms with van der Waals surface area (Å²) in [6.45, 7) is 6.90. The fourth-order valence-electron chi connectivity index (χ4n) is 2.08. The molecule has 96 valence electrons. The van der Waals surface area contributed by atoms with Crippen molar-refractivity contribution in [2.24, 2.45) is 5.73 Å². The molecule has 2 rings (SSSR count). The maximum absolute atomic E-state index is 5.64. The molecule has 0 saturated carbocycles. The Labute approximate surface area is 116 Å². The minimum absolute atomic E-state index is 0.637. The molecule has 18 heavy (non-hydrogen) atoms. The van der Waals surface area contributed by atoms with Crippen molar-refractivity contribution in [2.45, 2.75) is 27.2 Å². The van der Waals surface area contributed by atoms with E-state index in [2.05, 4.69) is 53.1 Å². The van der Waals surface area contributed by atoms with Crippen LogP contribution in [0, 0.1) is 20.8 Å². The smallest absolute Gasteiger partial charge is 0.113 e. The van der Waals surface area contributed by atoms with Crippen LogP contribution in [0.25, 0.3) is 5.69 Å². The third kappa shape index (κ3) is 2.22. The van der Waals surface area contributed by atoms with Gasteiger partial charge in [0.25, 0.3) is 0 Å². The van der Waals surface area contributed by atoms with Crippen molar-refractivity contribution in [3.8, 4) is 5.69 Å². The third-order valence-corrected chi connectivity index (χ3v) is 4.13. The van der Waals surface area contributed by atoms with E-state index >= 15 is 0 Å². The minimum atomic E-state index is 0.637. The highest BCUT2D eigenvalue weighted by Crippen LogP contribution is 2.26. The van der Waals surface area contributed by atoms with Crippen LogP contribution in [0.3, 0.4) is 0 Å². The molecule has 0 saturated heterocycles. The highest BCUT2D eigenvalue weighted by atomic mass is 79.9. The molecule has 4 heteroatoms. The molecule has 0 atom stereocenters. The molecule has 0 unspecified atom stereocenters. The van der Waals surface area contributed by atoms with E-state index in [0.717, 1.165) is 22.4 Å². The van der Waals surface area contributed by atoms with Gasteiger partial charge in [0.05, 0.1) is 11.4 Å². The molecule has 1 heterocycles. The van der Waals surface area contributed by atoms with Gasteiger partial charge in [0.15, 0.2) is 0 Å². The van der Waals surface area contributed by atoms with Gasteiger partial charge in [0.2, 0.25) is 0 Å². The Hall–Kier alpha value is -1.13. The summed E-state index contributed by atoms with van der Waals surface area (Å²) >= 11 is 3.64. The first-order valence-corrected chi connectivity index (χ1v) is 6.86. The lowest BCUT2D eigenvalue weighted by molar-refractivity contribution is 0.836. The molecule has 0 spiro atoms. The number of rotatable bonds is 3. The zero-order valence-corrected chi connectivity index (χ0v) is 12.6. The fourth-order valence-corrected chi connectivity index (χ4v) is 2.84. The Bertz CT molecular complexity index is 573. The quantitative estimate of drug-likeness (QED) is 0.947. The second-order valence-electron chi connectivity index (χ2n) is 4.52. The van der Waals surface area contributed by atoms with Gasteiger partial charge in [0.1, 0.15) is 4.60 Å². The number of benzene rings is 1. The number of nitrogens with two attached hydrogens (primary N) is 1. The lowest BCUT2D eigenvalue weighted by Gasteiger charge is -2.09. The van der Waals surface area contributed by atoms with E-state index in [9.17, 15) is 0 Å². The van der Waals surface area contributed by atoms with Gasteiger partial charge in [0, 0.05) is 5.56 Å². The normalized spacial score (nSPS) is 10.9. The van der Waals surface area contributed by atoms with E-state index in [1.165, 1.54) is 16.7 Å². The third-order valence-electron chi connectivity index (χ3n) is 3.32. The van der Waals surface area contributed by atoms with E-state index in [4.69, 9.17) is 5.73 Å². The molecule has 1 aromatic carbocycles. The average molecular weight is 308 g/mol. The molecule has 0 bridgehead atoms. The van der Waals surface area contributed by atoms with Gasteiger partial charge in [-0.2, -0.15) is 5.10 Å². The van der Waals surface area contributed by atoms with Crippen molar-refractivity contribution in [1.82, 2.24) is 9.78 Å². The molecule has 1 aromatic heterocycles. The van der Waals surface area contributed by atoms with Crippen LogP contribution in [0.4, 0.5) is 0 Å². The summed E-state index contributed by atoms with van der Waals surface area (Å²) in [6, 6.07) is 6.26. The standard InChI is InChI=1S/C14H18BrN3/c1-9-5-4-6-13(10(9)2)18-14(15)12(7-8-16)11(3)17-18/h4-6H,7-8,16H2,1-3H3. The second-order valence-corrected chi connectivity index (χ2v) is 5.28. The van der Waals surface area contributed by atoms with Crippen LogP contribution in [0.15, 0.2) is 22.8 Å². The summed E-state index contributed by atoms with van der Waals surface area (Å²) < 4.78 is 2.97. The summed E-state index contributed by atoms with van der Waals surface area (Å²) in [7, 11) is 0. The summed E-state index contributed by atoms with van der Waals surface area (Å²) in [5.74, 6) is 0. The molecule has 3 nitrogen and oxygen atoms in total. The van der Waals surface area contributed by atoms with E-state index in [1.807, 2.05) is 11.6 Å². The highest BCUT2D eigenvalue weighted by molar-refractivity contribution is 9.10. The Morgan fingerprint density at radius 1 is 1.28 bits per heavy atom. The number of aromatic nitrogens is 2. The van der Waals surface area contributed by atoms with Gasteiger partial charge in [-0.1, -0.05) is 12.1 Å². The number of hydrogen-bond donors (Lipinski definition) is 1. The van der Waals surface area contributed by atoms with Gasteiger partial charge in [-0.3, -0.25) is 0 Å². The van der Waals surface area contributed by atoms with Crippen LogP contribution in [0.5, 0.6) is 0 Å². The van der Waals surface area contributed by atoms with Crippen LogP contribution in [0.1, 0.15) is 22.4 Å². The van der Waals surface area contributed by atoms with Gasteiger partial charge < -0.3 is 5.73 Å². The molecule has 0 aliphatic carbocycles. The first-order chi connectivity index (χ1) is 8.56. The topological polar surface area (TPSA) is 43.8 Å². The van der Waals surface area contributed by atoms with Crippen LogP contribution in [-0.2, 0) is 6.42 Å². The SMILES string of the molecule is Cc1cccc(-n2nc(C)c(CCN)c2Br)c1C. The minimum Gasteiger partial charge on any atom is -0.330 e. The van der Waals surface area contributed by atoms with Crippen LogP contribution in [-0.4, -0.2) is 16.3 Å². The number of hydrogen-bond acceptors (Lipinski definition) is 2. The average Bonchev–Trinajstić information content (AvgIpc) is 2.61. The molecule has 0 aliphatic rings. The largest absolute Gasteiger partial charge is 0.330 e. The number of halogens is 1. The van der Waals surface area contributed by atoms with Crippen molar-refractivity contribution >= 4 is 15.9 Å². The fraction of sp³-hybridized carbons (Fsp3) is 0.357. The molecule has 0 radical (unpaired) electrons. The van der Waals surface area contributed by atoms with E-state index in [1.54, 1.807) is 0 Å². The maximum atomic E-state index is 5.64. The molecule has 0 fully saturated rings. The molecular formula is C14H18BrN3. The van der Waals surface area contributed by atoms with Crippen LogP contribution < -0.4 is 5.73 Å². The number of aryl methyl sites for hydroxylation is 2. The predicted molar refractivity (Wildman–Crippen MR) is 78.2 cm³/mol. The van der Waals surface area contributed by atoms with E-state index in [-0.39, 0.29) is 0 Å². The molecule has 0 amide bonds. The summed E-state index contributed by atoms with van der Waals surface area (Å²) in [6.07, 6.45) is 0.845. The lowest BCUT2D eigenvalue weighted by atomic mass is 10.1. The van der Waals surface area contributed by atoms with Crippen molar-refractivity contribution in [2.75, 3.05) is 6.54 Å². The molecule has 2 aromatic rings.